The van der Waals surface area contributed by atoms with E-state index < -0.39 is 0 Å². The largest absolute Gasteiger partial charge is 0.321 e. The zero-order valence-corrected chi connectivity index (χ0v) is 6.95. The molecule has 0 amide bonds. The maximum atomic E-state index is 5.69. The van der Waals surface area contributed by atoms with Crippen LogP contribution in [0.2, 0.25) is 4.34 Å². The lowest BCUT2D eigenvalue weighted by Gasteiger charge is -1.99. The van der Waals surface area contributed by atoms with Crippen LogP contribution in [0.15, 0.2) is 24.1 Å². The van der Waals surface area contributed by atoms with E-state index in [4.69, 9.17) is 17.3 Å². The van der Waals surface area contributed by atoms with Gasteiger partial charge in [0, 0.05) is 6.04 Å². The fourth-order valence-electron chi connectivity index (χ4n) is 0.634. The van der Waals surface area contributed by atoms with Crippen LogP contribution in [0.5, 0.6) is 0 Å². The van der Waals surface area contributed by atoms with Crippen molar-refractivity contribution in [2.45, 2.75) is 6.04 Å². The molecule has 1 rings (SSSR count). The molecule has 10 heavy (non-hydrogen) atoms. The van der Waals surface area contributed by atoms with Crippen molar-refractivity contribution in [1.29, 1.82) is 0 Å². The minimum absolute atomic E-state index is 0.0799. The zero-order chi connectivity index (χ0) is 7.56. The van der Waals surface area contributed by atoms with Crippen molar-refractivity contribution in [2.24, 2.45) is 5.73 Å². The first kappa shape index (κ1) is 7.79. The molecular weight excluding hydrogens is 166 g/mol. The van der Waals surface area contributed by atoms with E-state index in [1.165, 1.54) is 11.3 Å². The molecule has 54 valence electrons. The topological polar surface area (TPSA) is 26.0 Å². The Bertz CT molecular complexity index is 231. The summed E-state index contributed by atoms with van der Waals surface area (Å²) in [4.78, 5) is 0. The third-order valence-electron chi connectivity index (χ3n) is 1.23. The average molecular weight is 174 g/mol. The fraction of sp³-hybridized carbons (Fsp3) is 0.143. The Morgan fingerprint density at radius 2 is 2.50 bits per heavy atom. The summed E-state index contributed by atoms with van der Waals surface area (Å²) < 4.78 is 0.771. The van der Waals surface area contributed by atoms with Gasteiger partial charge in [-0.15, -0.1) is 17.9 Å². The lowest BCUT2D eigenvalue weighted by molar-refractivity contribution is 0.921. The Morgan fingerprint density at radius 1 is 1.80 bits per heavy atom. The van der Waals surface area contributed by atoms with Crippen molar-refractivity contribution in [2.75, 3.05) is 0 Å². The molecular formula is C7H8ClNS. The smallest absolute Gasteiger partial charge is 0.0931 e. The molecule has 1 aromatic heterocycles. The molecule has 0 saturated carbocycles. The molecule has 2 N–H and O–H groups in total. The molecule has 0 aromatic carbocycles. The molecule has 0 aliphatic rings. The van der Waals surface area contributed by atoms with Gasteiger partial charge in [-0.2, -0.15) is 0 Å². The van der Waals surface area contributed by atoms with Crippen molar-refractivity contribution in [3.63, 3.8) is 0 Å². The highest BCUT2D eigenvalue weighted by Gasteiger charge is 2.02. The number of thiophene rings is 1. The molecule has 3 heteroatoms. The highest BCUT2D eigenvalue weighted by Crippen LogP contribution is 2.23. The Hall–Kier alpha value is -0.310. The van der Waals surface area contributed by atoms with Crippen LogP contribution in [0.4, 0.5) is 0 Å². The second-order valence-corrected chi connectivity index (χ2v) is 3.49. The van der Waals surface area contributed by atoms with E-state index in [0.29, 0.717) is 0 Å². The number of nitrogens with two attached hydrogens (primary N) is 1. The predicted octanol–water partition coefficient (Wildman–Crippen LogP) is 2.59. The Kier molecular flexibility index (Phi) is 2.49. The minimum atomic E-state index is -0.0799. The van der Waals surface area contributed by atoms with Gasteiger partial charge in [0.15, 0.2) is 0 Å². The number of rotatable bonds is 2. The summed E-state index contributed by atoms with van der Waals surface area (Å²) in [5, 5.41) is 1.94. The van der Waals surface area contributed by atoms with Gasteiger partial charge in [-0.25, -0.2) is 0 Å². The summed E-state index contributed by atoms with van der Waals surface area (Å²) in [7, 11) is 0. The van der Waals surface area contributed by atoms with Crippen LogP contribution in [0, 0.1) is 0 Å². The number of hydrogen-bond acceptors (Lipinski definition) is 2. The van der Waals surface area contributed by atoms with Crippen molar-refractivity contribution in [1.82, 2.24) is 0 Å². The predicted molar refractivity (Wildman–Crippen MR) is 46.5 cm³/mol. The van der Waals surface area contributed by atoms with Crippen LogP contribution < -0.4 is 5.73 Å². The summed E-state index contributed by atoms with van der Waals surface area (Å²) in [6.45, 7) is 3.58. The summed E-state index contributed by atoms with van der Waals surface area (Å²) in [5.41, 5.74) is 6.67. The average Bonchev–Trinajstić information content (AvgIpc) is 2.34. The Balaban J connectivity index is 2.84. The normalized spacial score (nSPS) is 13.0. The molecule has 1 nitrogen and oxygen atoms in total. The second kappa shape index (κ2) is 3.19. The van der Waals surface area contributed by atoms with Gasteiger partial charge in [0.1, 0.15) is 0 Å². The molecule has 0 fully saturated rings. The lowest BCUT2D eigenvalue weighted by atomic mass is 10.2. The zero-order valence-electron chi connectivity index (χ0n) is 5.38. The van der Waals surface area contributed by atoms with Crippen LogP contribution in [0.1, 0.15) is 11.6 Å². The van der Waals surface area contributed by atoms with Crippen LogP contribution in [-0.4, -0.2) is 0 Å². The maximum Gasteiger partial charge on any atom is 0.0931 e. The van der Waals surface area contributed by atoms with E-state index >= 15 is 0 Å². The van der Waals surface area contributed by atoms with E-state index in [-0.39, 0.29) is 6.04 Å². The van der Waals surface area contributed by atoms with Gasteiger partial charge in [0.2, 0.25) is 0 Å². The lowest BCUT2D eigenvalue weighted by Crippen LogP contribution is -2.04. The van der Waals surface area contributed by atoms with Gasteiger partial charge >= 0.3 is 0 Å². The van der Waals surface area contributed by atoms with Gasteiger partial charge in [-0.05, 0) is 17.0 Å². The van der Waals surface area contributed by atoms with Crippen LogP contribution in [0.25, 0.3) is 0 Å². The fourth-order valence-corrected chi connectivity index (χ4v) is 1.57. The number of hydrogen-bond donors (Lipinski definition) is 1. The molecule has 0 aliphatic carbocycles. The molecule has 0 spiro atoms. The van der Waals surface area contributed by atoms with Crippen molar-refractivity contribution in [3.05, 3.63) is 34.0 Å². The number of halogens is 1. The third kappa shape index (κ3) is 1.59. The summed E-state index contributed by atoms with van der Waals surface area (Å²) in [5.74, 6) is 0. The van der Waals surface area contributed by atoms with E-state index in [1.807, 2.05) is 11.4 Å². The maximum absolute atomic E-state index is 5.69. The van der Waals surface area contributed by atoms with Gasteiger partial charge in [0.25, 0.3) is 0 Å². The molecule has 0 saturated heterocycles. The molecule has 1 aromatic rings. The molecule has 0 radical (unpaired) electrons. The van der Waals surface area contributed by atoms with E-state index in [0.717, 1.165) is 9.90 Å². The first-order valence-electron chi connectivity index (χ1n) is 2.86. The minimum Gasteiger partial charge on any atom is -0.321 e. The highest BCUT2D eigenvalue weighted by molar-refractivity contribution is 7.14. The highest BCUT2D eigenvalue weighted by atomic mass is 35.5. The van der Waals surface area contributed by atoms with Crippen LogP contribution in [-0.2, 0) is 0 Å². The van der Waals surface area contributed by atoms with Gasteiger partial charge in [0.05, 0.1) is 4.34 Å². The molecule has 0 bridgehead atoms. The quantitative estimate of drug-likeness (QED) is 0.684. The molecule has 0 aliphatic heterocycles. The van der Waals surface area contributed by atoms with Crippen molar-refractivity contribution >= 4 is 22.9 Å². The van der Waals surface area contributed by atoms with Gasteiger partial charge in [-0.1, -0.05) is 17.7 Å². The Morgan fingerprint density at radius 3 is 2.90 bits per heavy atom. The molecule has 1 atom stereocenters. The van der Waals surface area contributed by atoms with E-state index in [9.17, 15) is 0 Å². The first-order valence-corrected chi connectivity index (χ1v) is 4.12. The van der Waals surface area contributed by atoms with Crippen LogP contribution in [0.3, 0.4) is 0 Å². The van der Waals surface area contributed by atoms with Gasteiger partial charge < -0.3 is 5.73 Å². The van der Waals surface area contributed by atoms with Crippen molar-refractivity contribution < 1.29 is 0 Å². The standard InChI is InChI=1S/C7H8ClNS/c1-2-6(9)5-3-7(8)10-4-5/h2-4,6H,1,9H2/t6-/m1/s1. The van der Waals surface area contributed by atoms with E-state index in [1.54, 1.807) is 6.08 Å². The Labute approximate surface area is 69.1 Å². The van der Waals surface area contributed by atoms with Gasteiger partial charge in [-0.3, -0.25) is 0 Å². The monoisotopic (exact) mass is 173 g/mol. The summed E-state index contributed by atoms with van der Waals surface area (Å²) in [6, 6.07) is 1.78. The van der Waals surface area contributed by atoms with Crippen molar-refractivity contribution in [3.8, 4) is 0 Å². The molecule has 1 heterocycles. The first-order chi connectivity index (χ1) is 4.74. The molecule has 0 unspecified atom stereocenters. The second-order valence-electron chi connectivity index (χ2n) is 1.95. The van der Waals surface area contributed by atoms with Crippen LogP contribution >= 0.6 is 22.9 Å². The SMILES string of the molecule is C=C[C@@H](N)c1csc(Cl)c1. The summed E-state index contributed by atoms with van der Waals surface area (Å²) >= 11 is 7.18. The third-order valence-corrected chi connectivity index (χ3v) is 2.34. The van der Waals surface area contributed by atoms with E-state index in [2.05, 4.69) is 6.58 Å². The summed E-state index contributed by atoms with van der Waals surface area (Å²) in [6.07, 6.45) is 1.69.